The Kier molecular flexibility index (Phi) is 3.53. The first-order valence-electron chi connectivity index (χ1n) is 8.47. The summed E-state index contributed by atoms with van der Waals surface area (Å²) in [7, 11) is 0. The summed E-state index contributed by atoms with van der Waals surface area (Å²) < 4.78 is 7.96. The van der Waals surface area contributed by atoms with Crippen molar-refractivity contribution in [3.05, 3.63) is 60.0 Å². The first kappa shape index (κ1) is 15.7. The standard InChI is InChI=1S/C20H21N3O2/c1-20(2,3)23-19-15(12-21-23)14(11-18(24)22-19)17-10-9-16(25-17)13-7-5-4-6-8-13/h4-10,12,14H,11H2,1-3H3,(H,22,24)/t14-/m1/s1. The topological polar surface area (TPSA) is 60.1 Å². The van der Waals surface area contributed by atoms with E-state index < -0.39 is 0 Å². The highest BCUT2D eigenvalue weighted by Crippen LogP contribution is 2.40. The number of fused-ring (bicyclic) bond motifs is 1. The van der Waals surface area contributed by atoms with Crippen molar-refractivity contribution in [2.75, 3.05) is 5.32 Å². The molecule has 0 spiro atoms. The average Bonchev–Trinajstić information content (AvgIpc) is 3.21. The van der Waals surface area contributed by atoms with E-state index in [0.717, 1.165) is 28.5 Å². The largest absolute Gasteiger partial charge is 0.460 e. The molecule has 0 fully saturated rings. The molecule has 0 unspecified atom stereocenters. The molecule has 1 aliphatic rings. The van der Waals surface area contributed by atoms with E-state index in [1.54, 1.807) is 0 Å². The van der Waals surface area contributed by atoms with Crippen molar-refractivity contribution >= 4 is 11.7 Å². The molecule has 0 aliphatic carbocycles. The summed E-state index contributed by atoms with van der Waals surface area (Å²) in [4.78, 5) is 12.3. The molecule has 1 aliphatic heterocycles. The molecular weight excluding hydrogens is 314 g/mol. The van der Waals surface area contributed by atoms with Gasteiger partial charge in [-0.1, -0.05) is 30.3 Å². The minimum absolute atomic E-state index is 0.0128. The van der Waals surface area contributed by atoms with E-state index in [9.17, 15) is 4.79 Å². The Morgan fingerprint density at radius 3 is 2.64 bits per heavy atom. The lowest BCUT2D eigenvalue weighted by atomic mass is 9.92. The Morgan fingerprint density at radius 2 is 1.92 bits per heavy atom. The molecule has 128 valence electrons. The Balaban J connectivity index is 1.75. The van der Waals surface area contributed by atoms with Crippen LogP contribution in [-0.2, 0) is 10.3 Å². The van der Waals surface area contributed by atoms with Gasteiger partial charge in [0.05, 0.1) is 17.7 Å². The lowest BCUT2D eigenvalue weighted by molar-refractivity contribution is -0.116. The number of anilines is 1. The number of carbonyl (C=O) groups excluding carboxylic acids is 1. The first-order valence-corrected chi connectivity index (χ1v) is 8.47. The lowest BCUT2D eigenvalue weighted by Crippen LogP contribution is -2.30. The van der Waals surface area contributed by atoms with Crippen LogP contribution in [0, 0.1) is 0 Å². The second-order valence-electron chi connectivity index (χ2n) is 7.40. The van der Waals surface area contributed by atoms with Crippen LogP contribution in [0.25, 0.3) is 11.3 Å². The SMILES string of the molecule is CC(C)(C)n1ncc2c1NC(=O)C[C@H]2c1ccc(-c2ccccc2)o1. The normalized spacial score (nSPS) is 17.2. The molecule has 1 aromatic carbocycles. The second-order valence-corrected chi connectivity index (χ2v) is 7.40. The fourth-order valence-electron chi connectivity index (χ4n) is 3.28. The Hall–Kier alpha value is -2.82. The maximum Gasteiger partial charge on any atom is 0.226 e. The number of benzene rings is 1. The fourth-order valence-corrected chi connectivity index (χ4v) is 3.28. The minimum atomic E-state index is -0.207. The van der Waals surface area contributed by atoms with E-state index in [1.807, 2.05) is 53.3 Å². The van der Waals surface area contributed by atoms with Crippen LogP contribution in [0.1, 0.15) is 44.4 Å². The van der Waals surface area contributed by atoms with Crippen molar-refractivity contribution in [1.82, 2.24) is 9.78 Å². The van der Waals surface area contributed by atoms with Crippen molar-refractivity contribution in [3.8, 4) is 11.3 Å². The van der Waals surface area contributed by atoms with E-state index in [4.69, 9.17) is 4.42 Å². The van der Waals surface area contributed by atoms with Crippen LogP contribution in [-0.4, -0.2) is 15.7 Å². The summed E-state index contributed by atoms with van der Waals surface area (Å²) >= 11 is 0. The number of furan rings is 1. The third kappa shape index (κ3) is 2.76. The van der Waals surface area contributed by atoms with Gasteiger partial charge in [0.25, 0.3) is 0 Å². The number of hydrogen-bond donors (Lipinski definition) is 1. The summed E-state index contributed by atoms with van der Waals surface area (Å²) in [6.07, 6.45) is 2.21. The van der Waals surface area contributed by atoms with Crippen LogP contribution >= 0.6 is 0 Å². The van der Waals surface area contributed by atoms with Gasteiger partial charge in [0.1, 0.15) is 17.3 Å². The van der Waals surface area contributed by atoms with Crippen molar-refractivity contribution in [2.45, 2.75) is 38.6 Å². The second kappa shape index (κ2) is 5.62. The maximum atomic E-state index is 12.3. The molecular formula is C20H21N3O2. The molecule has 3 heterocycles. The Bertz CT molecular complexity index is 916. The molecule has 25 heavy (non-hydrogen) atoms. The quantitative estimate of drug-likeness (QED) is 0.756. The zero-order valence-electron chi connectivity index (χ0n) is 14.6. The van der Waals surface area contributed by atoms with E-state index >= 15 is 0 Å². The van der Waals surface area contributed by atoms with Gasteiger partial charge in [0, 0.05) is 17.5 Å². The summed E-state index contributed by atoms with van der Waals surface area (Å²) in [5.41, 5.74) is 1.82. The Morgan fingerprint density at radius 1 is 1.16 bits per heavy atom. The maximum absolute atomic E-state index is 12.3. The van der Waals surface area contributed by atoms with Crippen molar-refractivity contribution < 1.29 is 9.21 Å². The van der Waals surface area contributed by atoms with Gasteiger partial charge < -0.3 is 9.73 Å². The van der Waals surface area contributed by atoms with E-state index in [-0.39, 0.29) is 17.4 Å². The molecule has 0 saturated heterocycles. The molecule has 4 rings (SSSR count). The highest BCUT2D eigenvalue weighted by Gasteiger charge is 2.34. The van der Waals surface area contributed by atoms with Crippen LogP contribution in [0.3, 0.4) is 0 Å². The van der Waals surface area contributed by atoms with Gasteiger partial charge in [-0.3, -0.25) is 4.79 Å². The Labute approximate surface area is 146 Å². The van der Waals surface area contributed by atoms with Gasteiger partial charge >= 0.3 is 0 Å². The van der Waals surface area contributed by atoms with Crippen LogP contribution in [0.2, 0.25) is 0 Å². The van der Waals surface area contributed by atoms with E-state index in [0.29, 0.717) is 6.42 Å². The summed E-state index contributed by atoms with van der Waals surface area (Å²) in [5.74, 6) is 2.25. The molecule has 0 radical (unpaired) electrons. The van der Waals surface area contributed by atoms with Gasteiger partial charge in [-0.2, -0.15) is 5.10 Å². The molecule has 3 aromatic rings. The first-order chi connectivity index (χ1) is 11.9. The molecule has 0 saturated carbocycles. The van der Waals surface area contributed by atoms with E-state index in [1.165, 1.54) is 0 Å². The molecule has 2 aromatic heterocycles. The molecule has 1 amide bonds. The fraction of sp³-hybridized carbons (Fsp3) is 0.300. The van der Waals surface area contributed by atoms with E-state index in [2.05, 4.69) is 31.2 Å². The van der Waals surface area contributed by atoms with Crippen LogP contribution in [0.15, 0.2) is 53.1 Å². The third-order valence-electron chi connectivity index (χ3n) is 4.48. The number of rotatable bonds is 2. The van der Waals surface area contributed by atoms with Gasteiger partial charge in [-0.05, 0) is 32.9 Å². The number of aromatic nitrogens is 2. The highest BCUT2D eigenvalue weighted by atomic mass is 16.3. The minimum Gasteiger partial charge on any atom is -0.460 e. The van der Waals surface area contributed by atoms with Gasteiger partial charge in [-0.15, -0.1) is 0 Å². The molecule has 0 bridgehead atoms. The summed E-state index contributed by atoms with van der Waals surface area (Å²) in [6.45, 7) is 6.20. The molecule has 5 heteroatoms. The summed E-state index contributed by atoms with van der Waals surface area (Å²) in [6, 6.07) is 13.9. The smallest absolute Gasteiger partial charge is 0.226 e. The summed E-state index contributed by atoms with van der Waals surface area (Å²) in [5, 5.41) is 7.48. The predicted octanol–water partition coefficient (Wildman–Crippen LogP) is 4.37. The number of nitrogens with one attached hydrogen (secondary N) is 1. The monoisotopic (exact) mass is 335 g/mol. The van der Waals surface area contributed by atoms with Crippen LogP contribution in [0.5, 0.6) is 0 Å². The zero-order valence-corrected chi connectivity index (χ0v) is 14.6. The average molecular weight is 335 g/mol. The number of nitrogens with zero attached hydrogens (tertiary/aromatic N) is 2. The molecule has 1 atom stereocenters. The van der Waals surface area contributed by atoms with Gasteiger partial charge in [0.15, 0.2) is 0 Å². The zero-order chi connectivity index (χ0) is 17.6. The van der Waals surface area contributed by atoms with Crippen molar-refractivity contribution in [2.24, 2.45) is 0 Å². The van der Waals surface area contributed by atoms with Gasteiger partial charge in [-0.25, -0.2) is 4.68 Å². The number of amides is 1. The highest BCUT2D eigenvalue weighted by molar-refractivity contribution is 5.94. The lowest BCUT2D eigenvalue weighted by Gasteiger charge is -2.27. The van der Waals surface area contributed by atoms with Crippen molar-refractivity contribution in [1.29, 1.82) is 0 Å². The van der Waals surface area contributed by atoms with Gasteiger partial charge in [0.2, 0.25) is 5.91 Å². The predicted molar refractivity (Wildman–Crippen MR) is 96.5 cm³/mol. The molecule has 1 N–H and O–H groups in total. The van der Waals surface area contributed by atoms with Crippen LogP contribution in [0.4, 0.5) is 5.82 Å². The van der Waals surface area contributed by atoms with Crippen LogP contribution < -0.4 is 5.32 Å². The third-order valence-corrected chi connectivity index (χ3v) is 4.48. The number of hydrogen-bond acceptors (Lipinski definition) is 3. The number of carbonyl (C=O) groups is 1. The molecule has 5 nitrogen and oxygen atoms in total. The van der Waals surface area contributed by atoms with Crippen molar-refractivity contribution in [3.63, 3.8) is 0 Å².